The molecule has 2 atom stereocenters. The zero-order valence-electron chi connectivity index (χ0n) is 16.7. The number of Topliss-reactive ketones (excluding diaryl/α,β-unsaturated/α-hetero) is 1. The summed E-state index contributed by atoms with van der Waals surface area (Å²) < 4.78 is 15.9. The lowest BCUT2D eigenvalue weighted by Gasteiger charge is -2.47. The Morgan fingerprint density at radius 2 is 1.75 bits per heavy atom. The fourth-order valence-corrected chi connectivity index (χ4v) is 4.36. The van der Waals surface area contributed by atoms with Crippen molar-refractivity contribution in [1.82, 2.24) is 4.90 Å². The lowest BCUT2D eigenvalue weighted by molar-refractivity contribution is -0.127. The van der Waals surface area contributed by atoms with E-state index in [1.54, 1.807) is 7.11 Å². The SMILES string of the molecule is COCCOCCC(=O)C1CC2CCCC(C1)N2C(=O)OCc1ccccc1. The predicted octanol–water partition coefficient (Wildman–Crippen LogP) is 3.58. The highest BCUT2D eigenvalue weighted by Crippen LogP contribution is 2.38. The minimum Gasteiger partial charge on any atom is -0.445 e. The summed E-state index contributed by atoms with van der Waals surface area (Å²) in [7, 11) is 1.63. The van der Waals surface area contributed by atoms with E-state index in [2.05, 4.69) is 0 Å². The van der Waals surface area contributed by atoms with Crippen LogP contribution in [0.25, 0.3) is 0 Å². The molecule has 0 aromatic heterocycles. The van der Waals surface area contributed by atoms with Crippen LogP contribution in [0.4, 0.5) is 4.79 Å². The fraction of sp³-hybridized carbons (Fsp3) is 0.636. The molecule has 1 aromatic rings. The zero-order valence-corrected chi connectivity index (χ0v) is 16.7. The second kappa shape index (κ2) is 10.6. The van der Waals surface area contributed by atoms with Crippen molar-refractivity contribution in [2.45, 2.75) is 57.2 Å². The number of benzene rings is 1. The van der Waals surface area contributed by atoms with Crippen molar-refractivity contribution < 1.29 is 23.8 Å². The molecule has 28 heavy (non-hydrogen) atoms. The monoisotopic (exact) mass is 389 g/mol. The van der Waals surface area contributed by atoms with Gasteiger partial charge in [0.25, 0.3) is 0 Å². The number of rotatable bonds is 9. The molecule has 0 N–H and O–H groups in total. The molecule has 154 valence electrons. The number of ketones is 1. The molecular weight excluding hydrogens is 358 g/mol. The second-order valence-electron chi connectivity index (χ2n) is 7.68. The lowest BCUT2D eigenvalue weighted by atomic mass is 9.76. The van der Waals surface area contributed by atoms with Crippen LogP contribution >= 0.6 is 0 Å². The molecule has 1 amide bonds. The highest BCUT2D eigenvalue weighted by molar-refractivity contribution is 5.81. The number of ether oxygens (including phenoxy) is 3. The van der Waals surface area contributed by atoms with E-state index in [1.807, 2.05) is 35.2 Å². The van der Waals surface area contributed by atoms with Gasteiger partial charge in [-0.15, -0.1) is 0 Å². The van der Waals surface area contributed by atoms with E-state index in [0.717, 1.165) is 37.7 Å². The highest BCUT2D eigenvalue weighted by Gasteiger charge is 2.43. The van der Waals surface area contributed by atoms with Crippen LogP contribution in [0, 0.1) is 5.92 Å². The normalized spacial score (nSPS) is 24.0. The van der Waals surface area contributed by atoms with Crippen molar-refractivity contribution in [3.63, 3.8) is 0 Å². The van der Waals surface area contributed by atoms with Gasteiger partial charge in [-0.1, -0.05) is 30.3 Å². The first-order valence-corrected chi connectivity index (χ1v) is 10.3. The molecule has 0 radical (unpaired) electrons. The molecule has 1 aromatic carbocycles. The molecule has 3 rings (SSSR count). The van der Waals surface area contributed by atoms with Crippen LogP contribution in [-0.4, -0.2) is 55.8 Å². The zero-order chi connectivity index (χ0) is 19.8. The van der Waals surface area contributed by atoms with Crippen LogP contribution in [0.15, 0.2) is 30.3 Å². The number of nitrogens with zero attached hydrogens (tertiary/aromatic N) is 1. The van der Waals surface area contributed by atoms with Gasteiger partial charge in [0, 0.05) is 31.5 Å². The quantitative estimate of drug-likeness (QED) is 0.604. The third kappa shape index (κ3) is 5.55. The summed E-state index contributed by atoms with van der Waals surface area (Å²) in [6.45, 7) is 1.79. The van der Waals surface area contributed by atoms with Crippen molar-refractivity contribution in [2.75, 3.05) is 26.9 Å². The third-order valence-electron chi connectivity index (χ3n) is 5.77. The minimum atomic E-state index is -0.243. The number of methoxy groups -OCH3 is 1. The highest BCUT2D eigenvalue weighted by atomic mass is 16.6. The van der Waals surface area contributed by atoms with E-state index in [4.69, 9.17) is 14.2 Å². The van der Waals surface area contributed by atoms with Gasteiger partial charge in [-0.2, -0.15) is 0 Å². The average Bonchev–Trinajstić information content (AvgIpc) is 2.71. The van der Waals surface area contributed by atoms with E-state index >= 15 is 0 Å². The number of fused-ring (bicyclic) bond motifs is 2. The Hall–Kier alpha value is -1.92. The summed E-state index contributed by atoms with van der Waals surface area (Å²) in [5.41, 5.74) is 0.986. The Morgan fingerprint density at radius 3 is 2.43 bits per heavy atom. The Balaban J connectivity index is 1.49. The number of hydrogen-bond acceptors (Lipinski definition) is 5. The minimum absolute atomic E-state index is 0.0273. The molecule has 0 aliphatic carbocycles. The molecule has 0 saturated carbocycles. The van der Waals surface area contributed by atoms with Crippen molar-refractivity contribution in [1.29, 1.82) is 0 Å². The van der Waals surface area contributed by atoms with Gasteiger partial charge >= 0.3 is 6.09 Å². The summed E-state index contributed by atoms with van der Waals surface area (Å²) in [6, 6.07) is 9.95. The van der Waals surface area contributed by atoms with Crippen molar-refractivity contribution in [3.05, 3.63) is 35.9 Å². The van der Waals surface area contributed by atoms with Crippen molar-refractivity contribution in [2.24, 2.45) is 5.92 Å². The standard InChI is InChI=1S/C22H31NO5/c1-26-12-13-27-11-10-21(24)18-14-19-8-5-9-20(15-18)23(19)22(25)28-16-17-6-3-2-4-7-17/h2-4,6-7,18-20H,5,8-16H2,1H3. The Kier molecular flexibility index (Phi) is 7.86. The molecule has 6 heteroatoms. The van der Waals surface area contributed by atoms with Crippen LogP contribution in [0.5, 0.6) is 0 Å². The van der Waals surface area contributed by atoms with Crippen molar-refractivity contribution >= 4 is 11.9 Å². The maximum Gasteiger partial charge on any atom is 0.410 e. The summed E-state index contributed by atoms with van der Waals surface area (Å²) in [5.74, 6) is 0.283. The summed E-state index contributed by atoms with van der Waals surface area (Å²) in [4.78, 5) is 27.2. The molecule has 2 bridgehead atoms. The molecule has 2 fully saturated rings. The van der Waals surface area contributed by atoms with Crippen LogP contribution < -0.4 is 0 Å². The van der Waals surface area contributed by atoms with E-state index in [1.165, 1.54) is 0 Å². The molecule has 2 aliphatic heterocycles. The van der Waals surface area contributed by atoms with E-state index in [9.17, 15) is 9.59 Å². The summed E-state index contributed by atoms with van der Waals surface area (Å²) >= 11 is 0. The largest absolute Gasteiger partial charge is 0.445 e. The Labute approximate surface area is 167 Å². The van der Waals surface area contributed by atoms with Gasteiger partial charge < -0.3 is 19.1 Å². The number of piperidine rings is 2. The van der Waals surface area contributed by atoms with Gasteiger partial charge in [-0.3, -0.25) is 4.79 Å². The first-order chi connectivity index (χ1) is 13.7. The third-order valence-corrected chi connectivity index (χ3v) is 5.77. The molecule has 2 saturated heterocycles. The number of amides is 1. The van der Waals surface area contributed by atoms with E-state index < -0.39 is 0 Å². The average molecular weight is 389 g/mol. The van der Waals surface area contributed by atoms with Gasteiger partial charge in [0.2, 0.25) is 0 Å². The van der Waals surface area contributed by atoms with Gasteiger partial charge in [0.1, 0.15) is 12.4 Å². The molecule has 2 heterocycles. The van der Waals surface area contributed by atoms with Crippen LogP contribution in [0.3, 0.4) is 0 Å². The predicted molar refractivity (Wildman–Crippen MR) is 105 cm³/mol. The first-order valence-electron chi connectivity index (χ1n) is 10.3. The fourth-order valence-electron chi connectivity index (χ4n) is 4.36. The number of carbonyl (C=O) groups excluding carboxylic acids is 2. The lowest BCUT2D eigenvalue weighted by Crippen LogP contribution is -2.55. The maximum absolute atomic E-state index is 12.7. The Bertz CT molecular complexity index is 621. The van der Waals surface area contributed by atoms with Crippen LogP contribution in [-0.2, 0) is 25.6 Å². The van der Waals surface area contributed by atoms with Gasteiger partial charge in [-0.05, 0) is 37.7 Å². The second-order valence-corrected chi connectivity index (χ2v) is 7.68. The van der Waals surface area contributed by atoms with Crippen LogP contribution in [0.2, 0.25) is 0 Å². The first kappa shape index (κ1) is 20.8. The van der Waals surface area contributed by atoms with E-state index in [0.29, 0.717) is 26.2 Å². The van der Waals surface area contributed by atoms with Gasteiger partial charge in [0.05, 0.1) is 19.8 Å². The molecule has 6 nitrogen and oxygen atoms in total. The van der Waals surface area contributed by atoms with Crippen molar-refractivity contribution in [3.8, 4) is 0 Å². The van der Waals surface area contributed by atoms with Gasteiger partial charge in [0.15, 0.2) is 0 Å². The number of hydrogen-bond donors (Lipinski definition) is 0. The Morgan fingerprint density at radius 1 is 1.04 bits per heavy atom. The molecular formula is C22H31NO5. The number of carbonyl (C=O) groups is 2. The summed E-state index contributed by atoms with van der Waals surface area (Å²) in [6.07, 6.45) is 4.69. The van der Waals surface area contributed by atoms with Gasteiger partial charge in [-0.25, -0.2) is 4.79 Å². The molecule has 0 spiro atoms. The molecule has 2 aliphatic rings. The maximum atomic E-state index is 12.7. The smallest absolute Gasteiger partial charge is 0.410 e. The summed E-state index contributed by atoms with van der Waals surface area (Å²) in [5, 5.41) is 0. The molecule has 2 unspecified atom stereocenters. The van der Waals surface area contributed by atoms with Crippen LogP contribution in [0.1, 0.15) is 44.1 Å². The topological polar surface area (TPSA) is 65.1 Å². The van der Waals surface area contributed by atoms with E-state index in [-0.39, 0.29) is 36.5 Å².